The maximum atomic E-state index is 4.77. The van der Waals surface area contributed by atoms with E-state index < -0.39 is 8.07 Å². The van der Waals surface area contributed by atoms with Crippen molar-refractivity contribution in [3.63, 3.8) is 0 Å². The van der Waals surface area contributed by atoms with Crippen molar-refractivity contribution in [3.8, 4) is 11.3 Å². The molecule has 2 heterocycles. The van der Waals surface area contributed by atoms with Gasteiger partial charge in [0.1, 0.15) is 6.33 Å². The standard InChI is InChI=1S/C26H26N2SSi/c1-16(2)17-10-11-21-22(13-17)29-26-24(27-15-28-25(21)26)19-12-18-8-6-7-9-20(18)23(14-19)30(3,4)5/h6-16H,1-5H3. The van der Waals surface area contributed by atoms with Crippen molar-refractivity contribution in [2.24, 2.45) is 0 Å². The van der Waals surface area contributed by atoms with Crippen molar-refractivity contribution in [2.45, 2.75) is 39.4 Å². The fourth-order valence-corrected chi connectivity index (χ4v) is 7.06. The number of fused-ring (bicyclic) bond motifs is 4. The van der Waals surface area contributed by atoms with E-state index in [0.29, 0.717) is 5.92 Å². The molecule has 0 bridgehead atoms. The molecule has 0 aliphatic carbocycles. The van der Waals surface area contributed by atoms with Gasteiger partial charge in [-0.25, -0.2) is 9.97 Å². The summed E-state index contributed by atoms with van der Waals surface area (Å²) in [6.45, 7) is 11.7. The predicted octanol–water partition coefficient (Wildman–Crippen LogP) is 7.33. The Morgan fingerprint density at radius 1 is 0.867 bits per heavy atom. The van der Waals surface area contributed by atoms with E-state index in [4.69, 9.17) is 4.98 Å². The van der Waals surface area contributed by atoms with E-state index in [1.807, 2.05) is 11.3 Å². The van der Waals surface area contributed by atoms with E-state index in [1.165, 1.54) is 41.9 Å². The lowest BCUT2D eigenvalue weighted by Gasteiger charge is -2.21. The molecule has 0 saturated heterocycles. The molecule has 5 rings (SSSR count). The van der Waals surface area contributed by atoms with Crippen LogP contribution in [0.5, 0.6) is 0 Å². The first-order valence-corrected chi connectivity index (χ1v) is 14.9. The second kappa shape index (κ2) is 7.00. The first-order chi connectivity index (χ1) is 14.3. The fourth-order valence-electron chi connectivity index (χ4n) is 4.22. The minimum atomic E-state index is -1.52. The van der Waals surface area contributed by atoms with Gasteiger partial charge in [0, 0.05) is 15.6 Å². The van der Waals surface area contributed by atoms with E-state index in [-0.39, 0.29) is 0 Å². The highest BCUT2D eigenvalue weighted by atomic mass is 32.1. The second-order valence-corrected chi connectivity index (χ2v) is 15.5. The van der Waals surface area contributed by atoms with Gasteiger partial charge in [-0.3, -0.25) is 0 Å². The molecule has 0 spiro atoms. The van der Waals surface area contributed by atoms with Crippen molar-refractivity contribution >= 4 is 55.7 Å². The molecule has 0 aliphatic heterocycles. The van der Waals surface area contributed by atoms with Crippen LogP contribution in [0.4, 0.5) is 0 Å². The first-order valence-electron chi connectivity index (χ1n) is 10.5. The molecule has 2 aromatic heterocycles. The van der Waals surface area contributed by atoms with Crippen LogP contribution in [0.1, 0.15) is 25.3 Å². The minimum Gasteiger partial charge on any atom is -0.235 e. The largest absolute Gasteiger partial charge is 0.235 e. The average Bonchev–Trinajstić information content (AvgIpc) is 3.10. The maximum absolute atomic E-state index is 4.77. The average molecular weight is 427 g/mol. The topological polar surface area (TPSA) is 25.8 Å². The minimum absolute atomic E-state index is 0.518. The molecule has 0 aliphatic rings. The predicted molar refractivity (Wildman–Crippen MR) is 135 cm³/mol. The third-order valence-corrected chi connectivity index (χ3v) is 9.06. The Kier molecular flexibility index (Phi) is 4.53. The van der Waals surface area contributed by atoms with E-state index in [0.717, 1.165) is 11.2 Å². The molecule has 4 heteroatoms. The molecule has 0 amide bonds. The molecule has 30 heavy (non-hydrogen) atoms. The van der Waals surface area contributed by atoms with Gasteiger partial charge in [0.05, 0.1) is 24.0 Å². The van der Waals surface area contributed by atoms with Crippen LogP contribution in [0.2, 0.25) is 19.6 Å². The summed E-state index contributed by atoms with van der Waals surface area (Å²) in [7, 11) is -1.52. The van der Waals surface area contributed by atoms with Gasteiger partial charge in [0.15, 0.2) is 0 Å². The van der Waals surface area contributed by atoms with Gasteiger partial charge in [-0.05, 0) is 34.4 Å². The molecule has 150 valence electrons. The molecular weight excluding hydrogens is 400 g/mol. The molecular formula is C26H26N2SSi. The molecule has 0 N–H and O–H groups in total. The Balaban J connectivity index is 1.81. The molecule has 0 radical (unpaired) electrons. The molecule has 0 unspecified atom stereocenters. The third kappa shape index (κ3) is 3.15. The molecule has 3 aromatic carbocycles. The van der Waals surface area contributed by atoms with Gasteiger partial charge in [-0.2, -0.15) is 0 Å². The zero-order valence-electron chi connectivity index (χ0n) is 18.2. The Labute approximate surface area is 182 Å². The molecule has 2 nitrogen and oxygen atoms in total. The molecule has 0 atom stereocenters. The van der Waals surface area contributed by atoms with Crippen LogP contribution in [-0.4, -0.2) is 18.0 Å². The van der Waals surface area contributed by atoms with Gasteiger partial charge in [0.25, 0.3) is 0 Å². The normalized spacial score (nSPS) is 12.5. The van der Waals surface area contributed by atoms with Gasteiger partial charge in [-0.1, -0.05) is 81.1 Å². The number of rotatable bonds is 3. The molecule has 5 aromatic rings. The number of aromatic nitrogens is 2. The second-order valence-electron chi connectivity index (χ2n) is 9.41. The lowest BCUT2D eigenvalue weighted by molar-refractivity contribution is 0.869. The van der Waals surface area contributed by atoms with Gasteiger partial charge < -0.3 is 0 Å². The fraction of sp³-hybridized carbons (Fsp3) is 0.231. The van der Waals surface area contributed by atoms with E-state index in [1.54, 1.807) is 6.33 Å². The summed E-state index contributed by atoms with van der Waals surface area (Å²) in [5.74, 6) is 0.518. The van der Waals surface area contributed by atoms with Crippen molar-refractivity contribution in [1.29, 1.82) is 0 Å². The third-order valence-electron chi connectivity index (χ3n) is 5.89. The summed E-state index contributed by atoms with van der Waals surface area (Å²) in [5, 5.41) is 5.39. The van der Waals surface area contributed by atoms with E-state index in [9.17, 15) is 0 Å². The van der Waals surface area contributed by atoms with Crippen LogP contribution in [0.25, 0.3) is 42.3 Å². The SMILES string of the molecule is CC(C)c1ccc2c(c1)sc1c(-c3cc([Si](C)(C)C)c4ccccc4c3)ncnc12. The van der Waals surface area contributed by atoms with Crippen LogP contribution in [-0.2, 0) is 0 Å². The summed E-state index contributed by atoms with van der Waals surface area (Å²) in [6, 6.07) is 20.2. The number of hydrogen-bond donors (Lipinski definition) is 0. The van der Waals surface area contributed by atoms with Gasteiger partial charge in [-0.15, -0.1) is 11.3 Å². The van der Waals surface area contributed by atoms with E-state index >= 15 is 0 Å². The van der Waals surface area contributed by atoms with Gasteiger partial charge >= 0.3 is 0 Å². The summed E-state index contributed by atoms with van der Waals surface area (Å²) < 4.78 is 2.48. The monoisotopic (exact) mass is 426 g/mol. The van der Waals surface area contributed by atoms with Crippen LogP contribution >= 0.6 is 11.3 Å². The van der Waals surface area contributed by atoms with Crippen molar-refractivity contribution in [2.75, 3.05) is 0 Å². The quantitative estimate of drug-likeness (QED) is 0.282. The van der Waals surface area contributed by atoms with Crippen LogP contribution in [0.15, 0.2) is 60.9 Å². The van der Waals surface area contributed by atoms with Crippen LogP contribution in [0.3, 0.4) is 0 Å². The molecule has 0 fully saturated rings. The maximum Gasteiger partial charge on any atom is 0.116 e. The first kappa shape index (κ1) is 19.4. The number of nitrogens with zero attached hydrogens (tertiary/aromatic N) is 2. The summed E-state index contributed by atoms with van der Waals surface area (Å²) in [4.78, 5) is 9.45. The Bertz CT molecular complexity index is 1410. The summed E-state index contributed by atoms with van der Waals surface area (Å²) in [6.07, 6.45) is 1.73. The Morgan fingerprint density at radius 2 is 1.67 bits per heavy atom. The zero-order valence-corrected chi connectivity index (χ0v) is 20.0. The number of hydrogen-bond acceptors (Lipinski definition) is 3. The van der Waals surface area contributed by atoms with Gasteiger partial charge in [0.2, 0.25) is 0 Å². The highest BCUT2D eigenvalue weighted by Gasteiger charge is 2.22. The summed E-state index contributed by atoms with van der Waals surface area (Å²) in [5.41, 5.74) is 4.69. The summed E-state index contributed by atoms with van der Waals surface area (Å²) >= 11 is 1.82. The van der Waals surface area contributed by atoms with Crippen molar-refractivity contribution in [1.82, 2.24) is 9.97 Å². The smallest absolute Gasteiger partial charge is 0.116 e. The highest BCUT2D eigenvalue weighted by Crippen LogP contribution is 2.39. The zero-order chi connectivity index (χ0) is 21.0. The number of thiophene rings is 1. The Morgan fingerprint density at radius 3 is 2.43 bits per heavy atom. The Hall–Kier alpha value is -2.56. The van der Waals surface area contributed by atoms with Crippen LogP contribution < -0.4 is 5.19 Å². The van der Waals surface area contributed by atoms with Crippen LogP contribution in [0, 0.1) is 0 Å². The highest BCUT2D eigenvalue weighted by molar-refractivity contribution is 7.26. The van der Waals surface area contributed by atoms with Crippen molar-refractivity contribution < 1.29 is 0 Å². The lowest BCUT2D eigenvalue weighted by atomic mass is 10.0. The number of benzene rings is 3. The molecule has 0 saturated carbocycles. The van der Waals surface area contributed by atoms with Crippen molar-refractivity contribution in [3.05, 3.63) is 66.5 Å². The lowest BCUT2D eigenvalue weighted by Crippen LogP contribution is -2.38. The van der Waals surface area contributed by atoms with E-state index in [2.05, 4.69) is 93.1 Å².